The van der Waals surface area contributed by atoms with E-state index in [1.807, 2.05) is 6.07 Å². The van der Waals surface area contributed by atoms with E-state index in [0.717, 1.165) is 12.0 Å². The number of hydrogen-bond acceptors (Lipinski definition) is 4. The molecule has 0 amide bonds. The number of nitro benzene ring substituents is 1. The molecule has 1 aromatic rings. The summed E-state index contributed by atoms with van der Waals surface area (Å²) >= 11 is 0. The molecule has 1 aliphatic heterocycles. The van der Waals surface area contributed by atoms with Crippen molar-refractivity contribution >= 4 is 5.69 Å². The Labute approximate surface area is 80.6 Å². The molecule has 1 aliphatic rings. The van der Waals surface area contributed by atoms with Gasteiger partial charge in [-0.2, -0.15) is 10.2 Å². The standard InChI is InChI=1S/C9H9N3O2/c13-12(14)8-3-1-2-7(6-8)9-4-5-10-11-9/h1-3,6,9H,4-5H2. The van der Waals surface area contributed by atoms with Gasteiger partial charge < -0.3 is 0 Å². The second-order valence-corrected chi connectivity index (χ2v) is 3.14. The number of nitro groups is 1. The van der Waals surface area contributed by atoms with Gasteiger partial charge in [0.25, 0.3) is 5.69 Å². The van der Waals surface area contributed by atoms with Gasteiger partial charge in [0.1, 0.15) is 0 Å². The first kappa shape index (κ1) is 8.80. The summed E-state index contributed by atoms with van der Waals surface area (Å²) in [5.41, 5.74) is 0.991. The first-order chi connectivity index (χ1) is 6.77. The molecular formula is C9H9N3O2. The lowest BCUT2D eigenvalue weighted by Gasteiger charge is -2.03. The van der Waals surface area contributed by atoms with Crippen molar-refractivity contribution in [3.8, 4) is 0 Å². The fourth-order valence-corrected chi connectivity index (χ4v) is 1.47. The van der Waals surface area contributed by atoms with E-state index in [1.165, 1.54) is 6.07 Å². The molecular weight excluding hydrogens is 182 g/mol. The monoisotopic (exact) mass is 191 g/mol. The average molecular weight is 191 g/mol. The number of azo groups is 1. The largest absolute Gasteiger partial charge is 0.269 e. The zero-order chi connectivity index (χ0) is 9.97. The summed E-state index contributed by atoms with van der Waals surface area (Å²) in [6.07, 6.45) is 0.848. The Morgan fingerprint density at radius 1 is 1.50 bits per heavy atom. The van der Waals surface area contributed by atoms with Gasteiger partial charge >= 0.3 is 0 Å². The van der Waals surface area contributed by atoms with Crippen molar-refractivity contribution in [2.75, 3.05) is 6.54 Å². The summed E-state index contributed by atoms with van der Waals surface area (Å²) in [5, 5.41) is 18.4. The fraction of sp³-hybridized carbons (Fsp3) is 0.333. The van der Waals surface area contributed by atoms with Crippen LogP contribution in [0.1, 0.15) is 18.0 Å². The molecule has 0 bridgehead atoms. The number of benzene rings is 1. The van der Waals surface area contributed by atoms with Crippen LogP contribution in [0.25, 0.3) is 0 Å². The van der Waals surface area contributed by atoms with E-state index in [0.29, 0.717) is 6.54 Å². The Morgan fingerprint density at radius 3 is 3.00 bits per heavy atom. The van der Waals surface area contributed by atoms with Crippen molar-refractivity contribution in [2.45, 2.75) is 12.5 Å². The molecule has 0 spiro atoms. The summed E-state index contributed by atoms with van der Waals surface area (Å²) in [5.74, 6) is 0. The van der Waals surface area contributed by atoms with Crippen LogP contribution in [0.3, 0.4) is 0 Å². The molecule has 1 heterocycles. The SMILES string of the molecule is O=[N+]([O-])c1cccc(C2CCN=N2)c1. The van der Waals surface area contributed by atoms with E-state index in [9.17, 15) is 10.1 Å². The number of non-ortho nitro benzene ring substituents is 1. The Kier molecular flexibility index (Phi) is 2.22. The third kappa shape index (κ3) is 1.61. The Balaban J connectivity index is 2.30. The van der Waals surface area contributed by atoms with Gasteiger partial charge in [-0.1, -0.05) is 12.1 Å². The minimum Gasteiger partial charge on any atom is -0.258 e. The molecule has 0 N–H and O–H groups in total. The molecule has 5 nitrogen and oxygen atoms in total. The van der Waals surface area contributed by atoms with Crippen LogP contribution in [0.4, 0.5) is 5.69 Å². The molecule has 14 heavy (non-hydrogen) atoms. The highest BCUT2D eigenvalue weighted by molar-refractivity contribution is 5.35. The number of hydrogen-bond donors (Lipinski definition) is 0. The van der Waals surface area contributed by atoms with E-state index in [-0.39, 0.29) is 11.7 Å². The maximum absolute atomic E-state index is 10.5. The van der Waals surface area contributed by atoms with E-state index < -0.39 is 4.92 Å². The zero-order valence-corrected chi connectivity index (χ0v) is 7.46. The van der Waals surface area contributed by atoms with E-state index in [2.05, 4.69) is 10.2 Å². The second-order valence-electron chi connectivity index (χ2n) is 3.14. The molecule has 0 saturated heterocycles. The van der Waals surface area contributed by atoms with E-state index >= 15 is 0 Å². The van der Waals surface area contributed by atoms with Gasteiger partial charge in [0.2, 0.25) is 0 Å². The molecule has 5 heteroatoms. The zero-order valence-electron chi connectivity index (χ0n) is 7.46. The van der Waals surface area contributed by atoms with E-state index in [1.54, 1.807) is 12.1 Å². The molecule has 0 radical (unpaired) electrons. The summed E-state index contributed by atoms with van der Waals surface area (Å²) in [6, 6.07) is 6.59. The molecule has 0 aliphatic carbocycles. The number of rotatable bonds is 2. The van der Waals surface area contributed by atoms with Gasteiger partial charge in [-0.25, -0.2) is 0 Å². The summed E-state index contributed by atoms with van der Waals surface area (Å²) < 4.78 is 0. The van der Waals surface area contributed by atoms with Crippen molar-refractivity contribution in [2.24, 2.45) is 10.2 Å². The van der Waals surface area contributed by atoms with Crippen LogP contribution < -0.4 is 0 Å². The molecule has 0 saturated carbocycles. The smallest absolute Gasteiger partial charge is 0.258 e. The Bertz CT molecular complexity index is 389. The first-order valence-electron chi connectivity index (χ1n) is 4.38. The second kappa shape index (κ2) is 3.53. The minimum atomic E-state index is -0.393. The molecule has 0 fully saturated rings. The summed E-state index contributed by atoms with van der Waals surface area (Å²) in [7, 11) is 0. The quantitative estimate of drug-likeness (QED) is 0.532. The Hall–Kier alpha value is -1.78. The lowest BCUT2D eigenvalue weighted by molar-refractivity contribution is -0.384. The third-order valence-corrected chi connectivity index (χ3v) is 2.19. The van der Waals surface area contributed by atoms with Crippen molar-refractivity contribution in [3.05, 3.63) is 39.9 Å². The van der Waals surface area contributed by atoms with Crippen molar-refractivity contribution in [3.63, 3.8) is 0 Å². The van der Waals surface area contributed by atoms with Crippen LogP contribution in [0.15, 0.2) is 34.5 Å². The van der Waals surface area contributed by atoms with Crippen LogP contribution in [0.5, 0.6) is 0 Å². The van der Waals surface area contributed by atoms with Gasteiger partial charge in [-0.3, -0.25) is 10.1 Å². The van der Waals surface area contributed by atoms with Gasteiger partial charge in [0, 0.05) is 12.1 Å². The summed E-state index contributed by atoms with van der Waals surface area (Å²) in [4.78, 5) is 10.1. The van der Waals surface area contributed by atoms with Crippen LogP contribution in [0, 0.1) is 10.1 Å². The van der Waals surface area contributed by atoms with Crippen LogP contribution >= 0.6 is 0 Å². The van der Waals surface area contributed by atoms with Crippen molar-refractivity contribution in [1.82, 2.24) is 0 Å². The predicted octanol–water partition coefficient (Wildman–Crippen LogP) is 2.49. The first-order valence-corrected chi connectivity index (χ1v) is 4.38. The van der Waals surface area contributed by atoms with Gasteiger partial charge in [0.15, 0.2) is 0 Å². The van der Waals surface area contributed by atoms with Crippen molar-refractivity contribution in [1.29, 1.82) is 0 Å². The molecule has 2 rings (SSSR count). The number of nitrogens with zero attached hydrogens (tertiary/aromatic N) is 3. The minimum absolute atomic E-state index is 0.00917. The molecule has 72 valence electrons. The Morgan fingerprint density at radius 2 is 2.36 bits per heavy atom. The van der Waals surface area contributed by atoms with Gasteiger partial charge in [-0.15, -0.1) is 0 Å². The predicted molar refractivity (Wildman–Crippen MR) is 50.2 cm³/mol. The highest BCUT2D eigenvalue weighted by Crippen LogP contribution is 2.28. The molecule has 0 aromatic heterocycles. The van der Waals surface area contributed by atoms with Gasteiger partial charge in [-0.05, 0) is 12.0 Å². The van der Waals surface area contributed by atoms with Gasteiger partial charge in [0.05, 0.1) is 17.5 Å². The lowest BCUT2D eigenvalue weighted by Crippen LogP contribution is -1.94. The van der Waals surface area contributed by atoms with Crippen LogP contribution in [-0.4, -0.2) is 11.5 Å². The molecule has 1 unspecified atom stereocenters. The van der Waals surface area contributed by atoms with E-state index in [4.69, 9.17) is 0 Å². The average Bonchev–Trinajstić information content (AvgIpc) is 2.71. The van der Waals surface area contributed by atoms with Crippen LogP contribution in [0.2, 0.25) is 0 Å². The fourth-order valence-electron chi connectivity index (χ4n) is 1.47. The lowest BCUT2D eigenvalue weighted by atomic mass is 10.1. The topological polar surface area (TPSA) is 67.9 Å². The highest BCUT2D eigenvalue weighted by Gasteiger charge is 2.16. The molecule has 1 aromatic carbocycles. The highest BCUT2D eigenvalue weighted by atomic mass is 16.6. The third-order valence-electron chi connectivity index (χ3n) is 2.19. The molecule has 1 atom stereocenters. The van der Waals surface area contributed by atoms with Crippen LogP contribution in [-0.2, 0) is 0 Å². The maximum atomic E-state index is 10.5. The summed E-state index contributed by atoms with van der Waals surface area (Å²) in [6.45, 7) is 0.716. The normalized spacial score (nSPS) is 19.9. The van der Waals surface area contributed by atoms with Crippen molar-refractivity contribution < 1.29 is 4.92 Å². The maximum Gasteiger partial charge on any atom is 0.269 e.